The maximum atomic E-state index is 12.1. The van der Waals surface area contributed by atoms with Gasteiger partial charge in [0.2, 0.25) is 5.91 Å². The summed E-state index contributed by atoms with van der Waals surface area (Å²) in [5.41, 5.74) is 1.14. The van der Waals surface area contributed by atoms with Crippen molar-refractivity contribution in [3.8, 4) is 0 Å². The highest BCUT2D eigenvalue weighted by Gasteiger charge is 2.21. The Hall–Kier alpha value is -0.560. The largest absolute Gasteiger partial charge is 0.374 e. The average Bonchev–Trinajstić information content (AvgIpc) is 2.69. The molecule has 3 rings (SSSR count). The molecule has 0 bridgehead atoms. The van der Waals surface area contributed by atoms with Crippen molar-refractivity contribution in [1.29, 1.82) is 0 Å². The van der Waals surface area contributed by atoms with E-state index < -0.39 is 0 Å². The molecule has 2 aliphatic rings. The molecule has 0 aliphatic carbocycles. The first-order valence-electron chi connectivity index (χ1n) is 9.85. The van der Waals surface area contributed by atoms with Crippen molar-refractivity contribution < 1.29 is 9.53 Å². The minimum absolute atomic E-state index is 0. The topological polar surface area (TPSA) is 53.6 Å². The summed E-state index contributed by atoms with van der Waals surface area (Å²) >= 11 is 12.1. The van der Waals surface area contributed by atoms with E-state index in [9.17, 15) is 4.79 Å². The Labute approximate surface area is 183 Å². The molecular formula is C20H30Cl3N3O2. The fourth-order valence-electron chi connectivity index (χ4n) is 3.77. The van der Waals surface area contributed by atoms with Crippen LogP contribution >= 0.6 is 35.6 Å². The number of halogens is 3. The quantitative estimate of drug-likeness (QED) is 0.667. The second kappa shape index (κ2) is 12.2. The van der Waals surface area contributed by atoms with Crippen LogP contribution in [-0.4, -0.2) is 56.2 Å². The first-order chi connectivity index (χ1) is 13.1. The summed E-state index contributed by atoms with van der Waals surface area (Å²) < 4.78 is 5.82. The molecule has 0 unspecified atom stereocenters. The van der Waals surface area contributed by atoms with Gasteiger partial charge in [-0.15, -0.1) is 12.4 Å². The molecule has 0 saturated carbocycles. The zero-order valence-electron chi connectivity index (χ0n) is 16.1. The lowest BCUT2D eigenvalue weighted by atomic mass is 9.93. The Morgan fingerprint density at radius 2 is 2.04 bits per heavy atom. The van der Waals surface area contributed by atoms with Crippen molar-refractivity contribution in [3.05, 3.63) is 33.8 Å². The molecule has 1 amide bonds. The van der Waals surface area contributed by atoms with Crippen molar-refractivity contribution in [2.24, 2.45) is 5.92 Å². The number of carbonyl (C=O) groups is 1. The van der Waals surface area contributed by atoms with Gasteiger partial charge in [0.15, 0.2) is 0 Å². The van der Waals surface area contributed by atoms with Gasteiger partial charge in [-0.25, -0.2) is 0 Å². The van der Waals surface area contributed by atoms with E-state index in [1.807, 2.05) is 18.2 Å². The van der Waals surface area contributed by atoms with E-state index >= 15 is 0 Å². The van der Waals surface area contributed by atoms with Gasteiger partial charge in [-0.3, -0.25) is 9.69 Å². The summed E-state index contributed by atoms with van der Waals surface area (Å²) in [6, 6.07) is 5.75. The molecule has 1 atom stereocenters. The Morgan fingerprint density at radius 3 is 2.79 bits per heavy atom. The van der Waals surface area contributed by atoms with Gasteiger partial charge >= 0.3 is 0 Å². The van der Waals surface area contributed by atoms with Gasteiger partial charge in [0.05, 0.1) is 22.8 Å². The van der Waals surface area contributed by atoms with Crippen LogP contribution in [0.15, 0.2) is 18.2 Å². The van der Waals surface area contributed by atoms with Crippen LogP contribution in [0.3, 0.4) is 0 Å². The lowest BCUT2D eigenvalue weighted by Gasteiger charge is -2.33. The Morgan fingerprint density at radius 1 is 1.25 bits per heavy atom. The fourth-order valence-corrected chi connectivity index (χ4v) is 4.09. The molecule has 2 heterocycles. The number of ether oxygens (including phenoxy) is 1. The molecule has 1 aromatic rings. The summed E-state index contributed by atoms with van der Waals surface area (Å²) in [6.07, 6.45) is 4.00. The Balaban J connectivity index is 0.00000280. The van der Waals surface area contributed by atoms with E-state index in [4.69, 9.17) is 27.9 Å². The molecule has 158 valence electrons. The molecule has 2 N–H and O–H groups in total. The van der Waals surface area contributed by atoms with E-state index in [0.717, 1.165) is 44.7 Å². The van der Waals surface area contributed by atoms with E-state index in [0.29, 0.717) is 35.5 Å². The summed E-state index contributed by atoms with van der Waals surface area (Å²) in [5.74, 6) is 0.823. The molecule has 0 aromatic heterocycles. The molecule has 0 radical (unpaired) electrons. The highest BCUT2D eigenvalue weighted by atomic mass is 35.5. The number of rotatable bonds is 7. The zero-order valence-corrected chi connectivity index (χ0v) is 18.4. The van der Waals surface area contributed by atoms with Crippen molar-refractivity contribution in [2.45, 2.75) is 38.3 Å². The summed E-state index contributed by atoms with van der Waals surface area (Å²) in [4.78, 5) is 14.5. The molecule has 8 heteroatoms. The summed E-state index contributed by atoms with van der Waals surface area (Å²) in [7, 11) is 0. The lowest BCUT2D eigenvalue weighted by molar-refractivity contribution is -0.122. The van der Waals surface area contributed by atoms with Crippen molar-refractivity contribution in [1.82, 2.24) is 15.5 Å². The van der Waals surface area contributed by atoms with Crippen LogP contribution in [0.2, 0.25) is 10.0 Å². The normalized spacial score (nSPS) is 21.1. The predicted octanol–water partition coefficient (Wildman–Crippen LogP) is 3.51. The number of piperidine rings is 1. The number of carbonyl (C=O) groups excluding carboxylic acids is 1. The number of hydrogen-bond donors (Lipinski definition) is 2. The average molecular weight is 451 g/mol. The van der Waals surface area contributed by atoms with Crippen LogP contribution in [0.5, 0.6) is 0 Å². The smallest absolute Gasteiger partial charge is 0.220 e. The van der Waals surface area contributed by atoms with Gasteiger partial charge in [-0.05, 0) is 56.0 Å². The number of amides is 1. The molecule has 2 aliphatic heterocycles. The van der Waals surface area contributed by atoms with Crippen molar-refractivity contribution in [3.63, 3.8) is 0 Å². The van der Waals surface area contributed by atoms with E-state index in [-0.39, 0.29) is 24.4 Å². The van der Waals surface area contributed by atoms with Crippen LogP contribution < -0.4 is 10.6 Å². The summed E-state index contributed by atoms with van der Waals surface area (Å²) in [6.45, 7) is 5.89. The second-order valence-electron chi connectivity index (χ2n) is 7.51. The van der Waals surface area contributed by atoms with Gasteiger partial charge in [0.25, 0.3) is 0 Å². The number of morpholine rings is 1. The van der Waals surface area contributed by atoms with Gasteiger partial charge in [0.1, 0.15) is 0 Å². The minimum atomic E-state index is 0. The summed E-state index contributed by atoms with van der Waals surface area (Å²) in [5, 5.41) is 7.57. The number of nitrogens with zero attached hydrogens (tertiary/aromatic N) is 1. The molecular weight excluding hydrogens is 421 g/mol. The third-order valence-corrected chi connectivity index (χ3v) is 6.12. The zero-order chi connectivity index (χ0) is 19.1. The van der Waals surface area contributed by atoms with Crippen molar-refractivity contribution >= 4 is 41.5 Å². The van der Waals surface area contributed by atoms with E-state index in [2.05, 4.69) is 15.5 Å². The van der Waals surface area contributed by atoms with Crippen LogP contribution in [0, 0.1) is 5.92 Å². The molecule has 2 fully saturated rings. The monoisotopic (exact) mass is 449 g/mol. The van der Waals surface area contributed by atoms with E-state index in [1.165, 1.54) is 12.8 Å². The maximum absolute atomic E-state index is 12.1. The van der Waals surface area contributed by atoms with Gasteiger partial charge in [0, 0.05) is 32.6 Å². The molecule has 0 spiro atoms. The van der Waals surface area contributed by atoms with E-state index in [1.54, 1.807) is 0 Å². The van der Waals surface area contributed by atoms with Gasteiger partial charge < -0.3 is 15.4 Å². The Kier molecular flexibility index (Phi) is 10.3. The van der Waals surface area contributed by atoms with Crippen LogP contribution in [0.1, 0.15) is 31.2 Å². The van der Waals surface area contributed by atoms with Crippen molar-refractivity contribution in [2.75, 3.05) is 39.3 Å². The van der Waals surface area contributed by atoms with Gasteiger partial charge in [-0.1, -0.05) is 29.3 Å². The second-order valence-corrected chi connectivity index (χ2v) is 8.33. The number of hydrogen-bond acceptors (Lipinski definition) is 4. The highest BCUT2D eigenvalue weighted by molar-refractivity contribution is 6.42. The van der Waals surface area contributed by atoms with Gasteiger partial charge in [-0.2, -0.15) is 0 Å². The first-order valence-corrected chi connectivity index (χ1v) is 10.6. The predicted molar refractivity (Wildman–Crippen MR) is 117 cm³/mol. The highest BCUT2D eigenvalue weighted by Crippen LogP contribution is 2.23. The first kappa shape index (κ1) is 23.7. The third-order valence-electron chi connectivity index (χ3n) is 5.38. The van der Waals surface area contributed by atoms with Crippen LogP contribution in [-0.2, 0) is 16.1 Å². The fraction of sp³-hybridized carbons (Fsp3) is 0.650. The standard InChI is InChI=1S/C20H29Cl2N3O2.ClH/c21-18-3-1-16(11-19(18)22)13-25-9-10-27-17(14-25)12-24-20(26)4-2-15-5-7-23-8-6-15;/h1,3,11,15,17,23H,2,4-10,12-14H2,(H,24,26);1H/t17-;/m0./s1. The molecule has 5 nitrogen and oxygen atoms in total. The number of nitrogens with one attached hydrogen (secondary N) is 2. The van der Waals surface area contributed by atoms with Crippen LogP contribution in [0.25, 0.3) is 0 Å². The lowest BCUT2D eigenvalue weighted by Crippen LogP contribution is -2.47. The molecule has 28 heavy (non-hydrogen) atoms. The third kappa shape index (κ3) is 7.69. The molecule has 1 aromatic carbocycles. The SMILES string of the molecule is Cl.O=C(CCC1CCNCC1)NC[C@H]1CN(Cc2ccc(Cl)c(Cl)c2)CCO1. The Bertz CT molecular complexity index is 627. The number of benzene rings is 1. The maximum Gasteiger partial charge on any atom is 0.220 e. The van der Waals surface area contributed by atoms with Crippen LogP contribution in [0.4, 0.5) is 0 Å². The minimum Gasteiger partial charge on any atom is -0.374 e. The molecule has 2 saturated heterocycles.